The van der Waals surface area contributed by atoms with Crippen molar-refractivity contribution in [2.24, 2.45) is 17.8 Å². The molecule has 3 atom stereocenters. The normalized spacial score (nSPS) is 28.9. The van der Waals surface area contributed by atoms with Crippen LogP contribution in [0, 0.1) is 17.8 Å². The summed E-state index contributed by atoms with van der Waals surface area (Å²) in [6.45, 7) is 2.19. The van der Waals surface area contributed by atoms with Crippen LogP contribution in [0.1, 0.15) is 90.4 Å². The van der Waals surface area contributed by atoms with Crippen molar-refractivity contribution in [2.75, 3.05) is 0 Å². The summed E-state index contributed by atoms with van der Waals surface area (Å²) in [6.07, 6.45) is 14.7. The Balaban J connectivity index is 1.79. The fraction of sp³-hybridized carbons (Fsp3) is 0.895. The first-order chi connectivity index (χ1) is 10.2. The lowest BCUT2D eigenvalue weighted by molar-refractivity contribution is -0.141. The highest BCUT2D eigenvalue weighted by molar-refractivity contribution is 6.38. The van der Waals surface area contributed by atoms with Crippen LogP contribution in [0.25, 0.3) is 0 Å². The van der Waals surface area contributed by atoms with Crippen LogP contribution in [0.4, 0.5) is 0 Å². The molecule has 2 nitrogen and oxygen atoms in total. The lowest BCUT2D eigenvalue weighted by Crippen LogP contribution is -2.38. The molecule has 0 aliphatic heterocycles. The van der Waals surface area contributed by atoms with Gasteiger partial charge in [0.25, 0.3) is 0 Å². The minimum atomic E-state index is -0.0669. The first kappa shape index (κ1) is 16.7. The molecular formula is C19H32O2. The quantitative estimate of drug-likeness (QED) is 0.461. The van der Waals surface area contributed by atoms with E-state index in [1.165, 1.54) is 51.4 Å². The molecule has 2 saturated carbocycles. The van der Waals surface area contributed by atoms with Gasteiger partial charge in [0.15, 0.2) is 5.78 Å². The average molecular weight is 292 g/mol. The van der Waals surface area contributed by atoms with Crippen LogP contribution in [0.2, 0.25) is 0 Å². The van der Waals surface area contributed by atoms with E-state index >= 15 is 0 Å². The van der Waals surface area contributed by atoms with Gasteiger partial charge in [0.1, 0.15) is 0 Å². The number of rotatable bonds is 8. The molecule has 0 saturated heterocycles. The zero-order valence-electron chi connectivity index (χ0n) is 13.7. The van der Waals surface area contributed by atoms with E-state index in [4.69, 9.17) is 0 Å². The van der Waals surface area contributed by atoms with Crippen LogP contribution in [-0.2, 0) is 9.59 Å². The summed E-state index contributed by atoms with van der Waals surface area (Å²) < 4.78 is 0. The van der Waals surface area contributed by atoms with Gasteiger partial charge in [0.05, 0.1) is 0 Å². The fourth-order valence-electron chi connectivity index (χ4n) is 4.48. The van der Waals surface area contributed by atoms with Crippen molar-refractivity contribution >= 4 is 11.6 Å². The molecule has 0 aromatic carbocycles. The van der Waals surface area contributed by atoms with Crippen LogP contribution < -0.4 is 0 Å². The largest absolute Gasteiger partial charge is 0.291 e. The molecule has 2 rings (SSSR count). The topological polar surface area (TPSA) is 34.1 Å². The van der Waals surface area contributed by atoms with Crippen LogP contribution >= 0.6 is 0 Å². The summed E-state index contributed by atoms with van der Waals surface area (Å²) >= 11 is 0. The summed E-state index contributed by atoms with van der Waals surface area (Å²) in [7, 11) is 0. The lowest BCUT2D eigenvalue weighted by atomic mass is 9.64. The smallest absolute Gasteiger partial charge is 0.201 e. The second-order valence-electron chi connectivity index (χ2n) is 7.20. The molecule has 3 unspecified atom stereocenters. The summed E-state index contributed by atoms with van der Waals surface area (Å²) in [4.78, 5) is 24.7. The van der Waals surface area contributed by atoms with Gasteiger partial charge in [-0.2, -0.15) is 0 Å². The van der Waals surface area contributed by atoms with Crippen molar-refractivity contribution in [2.45, 2.75) is 90.4 Å². The molecule has 2 fully saturated rings. The number of fused-ring (bicyclic) bond motifs is 1. The van der Waals surface area contributed by atoms with Gasteiger partial charge in [-0.15, -0.1) is 0 Å². The van der Waals surface area contributed by atoms with E-state index < -0.39 is 0 Å². The Kier molecular flexibility index (Phi) is 6.92. The Labute approximate surface area is 130 Å². The number of hydrogen-bond donors (Lipinski definition) is 0. The second kappa shape index (κ2) is 8.70. The van der Waals surface area contributed by atoms with Crippen LogP contribution in [0.3, 0.4) is 0 Å². The van der Waals surface area contributed by atoms with Gasteiger partial charge in [0, 0.05) is 12.3 Å². The molecular weight excluding hydrogens is 260 g/mol. The highest BCUT2D eigenvalue weighted by Gasteiger charge is 2.39. The maximum atomic E-state index is 12.5. The Hall–Kier alpha value is -0.660. The number of hydrogen-bond acceptors (Lipinski definition) is 2. The summed E-state index contributed by atoms with van der Waals surface area (Å²) in [5, 5.41) is 0. The van der Waals surface area contributed by atoms with E-state index in [0.29, 0.717) is 12.3 Å². The Bertz CT molecular complexity index is 345. The maximum absolute atomic E-state index is 12.5. The monoisotopic (exact) mass is 292 g/mol. The molecule has 0 amide bonds. The summed E-state index contributed by atoms with van der Waals surface area (Å²) in [6, 6.07) is 0. The molecule has 120 valence electrons. The molecule has 21 heavy (non-hydrogen) atoms. The van der Waals surface area contributed by atoms with Gasteiger partial charge < -0.3 is 0 Å². The Morgan fingerprint density at radius 3 is 2.38 bits per heavy atom. The number of Topliss-reactive ketones (excluding diaryl/α,β-unsaturated/α-hetero) is 2. The maximum Gasteiger partial charge on any atom is 0.201 e. The lowest BCUT2D eigenvalue weighted by Gasteiger charge is -2.40. The van der Waals surface area contributed by atoms with E-state index in [1.807, 2.05) is 0 Å². The first-order valence-electron chi connectivity index (χ1n) is 9.31. The van der Waals surface area contributed by atoms with Gasteiger partial charge in [-0.1, -0.05) is 64.7 Å². The van der Waals surface area contributed by atoms with E-state index in [9.17, 15) is 9.59 Å². The predicted octanol–water partition coefficient (Wildman–Crippen LogP) is 5.09. The number of carbonyl (C=O) groups excluding carboxylic acids is 2. The molecule has 2 aliphatic rings. The van der Waals surface area contributed by atoms with Gasteiger partial charge in [-0.25, -0.2) is 0 Å². The third-order valence-corrected chi connectivity index (χ3v) is 5.69. The third-order valence-electron chi connectivity index (χ3n) is 5.69. The van der Waals surface area contributed by atoms with E-state index in [2.05, 4.69) is 6.92 Å². The van der Waals surface area contributed by atoms with Crippen LogP contribution in [0.5, 0.6) is 0 Å². The minimum Gasteiger partial charge on any atom is -0.291 e. The van der Waals surface area contributed by atoms with Gasteiger partial charge in [-0.3, -0.25) is 9.59 Å². The van der Waals surface area contributed by atoms with Gasteiger partial charge in [-0.05, 0) is 31.1 Å². The van der Waals surface area contributed by atoms with Crippen molar-refractivity contribution < 1.29 is 9.59 Å². The molecule has 0 radical (unpaired) electrons. The first-order valence-corrected chi connectivity index (χ1v) is 9.31. The average Bonchev–Trinajstić information content (AvgIpc) is 2.53. The Morgan fingerprint density at radius 1 is 0.857 bits per heavy atom. The van der Waals surface area contributed by atoms with Crippen molar-refractivity contribution in [3.05, 3.63) is 0 Å². The zero-order chi connectivity index (χ0) is 15.1. The van der Waals surface area contributed by atoms with Crippen molar-refractivity contribution in [3.63, 3.8) is 0 Å². The van der Waals surface area contributed by atoms with Gasteiger partial charge in [0.2, 0.25) is 5.78 Å². The fourth-order valence-corrected chi connectivity index (χ4v) is 4.48. The van der Waals surface area contributed by atoms with E-state index in [1.54, 1.807) is 0 Å². The van der Waals surface area contributed by atoms with Crippen LogP contribution in [0.15, 0.2) is 0 Å². The number of ketones is 2. The standard InChI is InChI=1S/C19H32O2/c1-2-3-4-5-6-14-18(20)19(21)17-13-9-11-15-10-7-8-12-16(15)17/h15-17H,2-14H2,1H3. The predicted molar refractivity (Wildman–Crippen MR) is 86.2 cm³/mol. The SMILES string of the molecule is CCCCCCCC(=O)C(=O)C1CCCC2CCCCC21. The van der Waals surface area contributed by atoms with E-state index in [-0.39, 0.29) is 17.5 Å². The highest BCUT2D eigenvalue weighted by Crippen LogP contribution is 2.44. The van der Waals surface area contributed by atoms with Crippen LogP contribution in [-0.4, -0.2) is 11.6 Å². The summed E-state index contributed by atoms with van der Waals surface area (Å²) in [5.74, 6) is 1.26. The molecule has 0 spiro atoms. The third kappa shape index (κ3) is 4.66. The molecule has 2 heteroatoms. The minimum absolute atomic E-state index is 0.0120. The second-order valence-corrected chi connectivity index (χ2v) is 7.20. The Morgan fingerprint density at radius 2 is 1.57 bits per heavy atom. The zero-order valence-corrected chi connectivity index (χ0v) is 13.7. The van der Waals surface area contributed by atoms with Gasteiger partial charge >= 0.3 is 0 Å². The van der Waals surface area contributed by atoms with Crippen molar-refractivity contribution in [1.29, 1.82) is 0 Å². The van der Waals surface area contributed by atoms with Crippen molar-refractivity contribution in [3.8, 4) is 0 Å². The van der Waals surface area contributed by atoms with E-state index in [0.717, 1.165) is 31.6 Å². The highest BCUT2D eigenvalue weighted by atomic mass is 16.2. The molecule has 0 N–H and O–H groups in total. The molecule has 0 aromatic heterocycles. The molecule has 0 heterocycles. The molecule has 2 aliphatic carbocycles. The molecule has 0 bridgehead atoms. The van der Waals surface area contributed by atoms with Crippen molar-refractivity contribution in [1.82, 2.24) is 0 Å². The number of carbonyl (C=O) groups is 2. The summed E-state index contributed by atoms with van der Waals surface area (Å²) in [5.41, 5.74) is 0. The number of unbranched alkanes of at least 4 members (excludes halogenated alkanes) is 4. The molecule has 0 aromatic rings.